The van der Waals surface area contributed by atoms with E-state index in [0.29, 0.717) is 0 Å². The first-order valence-corrected chi connectivity index (χ1v) is 8.71. The van der Waals surface area contributed by atoms with Crippen molar-refractivity contribution in [1.82, 2.24) is 0 Å². The van der Waals surface area contributed by atoms with E-state index in [2.05, 4.69) is 76.8 Å². The van der Waals surface area contributed by atoms with Crippen LogP contribution in [0.2, 0.25) is 0 Å². The molecule has 3 heteroatoms. The third-order valence-electron chi connectivity index (χ3n) is 2.44. The fourth-order valence-electron chi connectivity index (χ4n) is 1.44. The molecular weight excluding hydrogens is 240 g/mol. The van der Waals surface area contributed by atoms with Crippen LogP contribution >= 0.6 is 35.3 Å². The number of hydrogen-bond acceptors (Lipinski definition) is 3. The fourth-order valence-corrected chi connectivity index (χ4v) is 7.67. The molecule has 0 amide bonds. The summed E-state index contributed by atoms with van der Waals surface area (Å²) in [6.45, 7) is 14.1. The molecule has 1 rings (SSSR count). The van der Waals surface area contributed by atoms with Crippen LogP contribution in [0.4, 0.5) is 0 Å². The van der Waals surface area contributed by atoms with Crippen molar-refractivity contribution in [3.05, 3.63) is 0 Å². The Hall–Kier alpha value is 1.05. The molecule has 1 aliphatic heterocycles. The molecule has 0 aliphatic carbocycles. The van der Waals surface area contributed by atoms with Crippen molar-refractivity contribution in [3.8, 4) is 0 Å². The van der Waals surface area contributed by atoms with Gasteiger partial charge in [-0.3, -0.25) is 0 Å². The molecule has 0 aromatic carbocycles. The van der Waals surface area contributed by atoms with Crippen molar-refractivity contribution in [1.29, 1.82) is 0 Å². The minimum atomic E-state index is 0.795. The third kappa shape index (κ3) is 4.08. The van der Waals surface area contributed by atoms with E-state index in [1.165, 1.54) is 0 Å². The second-order valence-corrected chi connectivity index (χ2v) is 10.0. The number of thioether (sulfide) groups is 3. The van der Waals surface area contributed by atoms with Gasteiger partial charge in [0.25, 0.3) is 0 Å². The summed E-state index contributed by atoms with van der Waals surface area (Å²) in [5, 5.41) is 0. The highest BCUT2D eigenvalue weighted by molar-refractivity contribution is 8.33. The second kappa shape index (κ2) is 6.11. The number of rotatable bonds is 3. The molecule has 0 saturated carbocycles. The Labute approximate surface area is 108 Å². The molecule has 0 bridgehead atoms. The lowest BCUT2D eigenvalue weighted by atomic mass is 10.2. The summed E-state index contributed by atoms with van der Waals surface area (Å²) >= 11 is 6.58. The largest absolute Gasteiger partial charge is 0.133 e. The van der Waals surface area contributed by atoms with Gasteiger partial charge in [-0.15, -0.1) is 35.3 Å². The maximum Gasteiger partial charge on any atom is 0.0547 e. The summed E-state index contributed by atoms with van der Waals surface area (Å²) in [4.78, 5) is 0. The molecule has 0 spiro atoms. The molecule has 1 aliphatic rings. The summed E-state index contributed by atoms with van der Waals surface area (Å²) < 4.78 is 2.39. The van der Waals surface area contributed by atoms with Gasteiger partial charge in [-0.05, 0) is 17.8 Å². The lowest BCUT2D eigenvalue weighted by Gasteiger charge is -2.39. The van der Waals surface area contributed by atoms with E-state index in [4.69, 9.17) is 0 Å². The first kappa shape index (κ1) is 14.1. The molecule has 0 unspecified atom stereocenters. The zero-order valence-corrected chi connectivity index (χ0v) is 13.1. The van der Waals surface area contributed by atoms with E-state index < -0.39 is 0 Å². The summed E-state index contributed by atoms with van der Waals surface area (Å²) in [6, 6.07) is 0. The second-order valence-electron chi connectivity index (χ2n) is 5.25. The Bertz CT molecular complexity index is 150. The van der Waals surface area contributed by atoms with Gasteiger partial charge < -0.3 is 0 Å². The monoisotopic (exact) mass is 264 g/mol. The smallest absolute Gasteiger partial charge is 0.0547 e. The Morgan fingerprint density at radius 1 is 0.533 bits per heavy atom. The van der Waals surface area contributed by atoms with Gasteiger partial charge in [-0.25, -0.2) is 0 Å². The van der Waals surface area contributed by atoms with E-state index >= 15 is 0 Å². The molecule has 1 fully saturated rings. The van der Waals surface area contributed by atoms with Gasteiger partial charge in [0, 0.05) is 0 Å². The molecule has 0 N–H and O–H groups in total. The van der Waals surface area contributed by atoms with Crippen LogP contribution in [-0.4, -0.2) is 13.7 Å². The third-order valence-corrected chi connectivity index (χ3v) is 9.31. The molecule has 15 heavy (non-hydrogen) atoms. The first-order chi connectivity index (χ1) is 6.91. The van der Waals surface area contributed by atoms with E-state index in [0.717, 1.165) is 31.5 Å². The average Bonchev–Trinajstić information content (AvgIpc) is 2.16. The van der Waals surface area contributed by atoms with Gasteiger partial charge in [0.1, 0.15) is 0 Å². The van der Waals surface area contributed by atoms with E-state index in [1.54, 1.807) is 0 Å². The predicted molar refractivity (Wildman–Crippen MR) is 78.7 cm³/mol. The molecule has 1 heterocycles. The van der Waals surface area contributed by atoms with Crippen molar-refractivity contribution in [2.45, 2.75) is 55.3 Å². The summed E-state index contributed by atoms with van der Waals surface area (Å²) in [5.41, 5.74) is 0. The Balaban J connectivity index is 2.64. The summed E-state index contributed by atoms with van der Waals surface area (Å²) in [7, 11) is 0. The Kier molecular flexibility index (Phi) is 5.75. The van der Waals surface area contributed by atoms with Crippen LogP contribution in [-0.2, 0) is 0 Å². The molecule has 0 atom stereocenters. The lowest BCUT2D eigenvalue weighted by molar-refractivity contribution is 0.670. The van der Waals surface area contributed by atoms with Crippen molar-refractivity contribution >= 4 is 35.3 Å². The lowest BCUT2D eigenvalue weighted by Crippen LogP contribution is -2.27. The van der Waals surface area contributed by atoms with Crippen LogP contribution in [0, 0.1) is 17.8 Å². The molecule has 1 saturated heterocycles. The zero-order valence-electron chi connectivity index (χ0n) is 10.7. The van der Waals surface area contributed by atoms with E-state index in [9.17, 15) is 0 Å². The van der Waals surface area contributed by atoms with Crippen molar-refractivity contribution in [2.75, 3.05) is 0 Å². The average molecular weight is 265 g/mol. The van der Waals surface area contributed by atoms with E-state index in [-0.39, 0.29) is 0 Å². The van der Waals surface area contributed by atoms with Gasteiger partial charge in [0.05, 0.1) is 13.7 Å². The minimum absolute atomic E-state index is 0.795. The predicted octanol–water partition coefficient (Wildman–Crippen LogP) is 5.15. The van der Waals surface area contributed by atoms with Crippen LogP contribution in [0.25, 0.3) is 0 Å². The van der Waals surface area contributed by atoms with Gasteiger partial charge in [0.2, 0.25) is 0 Å². The normalized spacial score (nSPS) is 33.0. The first-order valence-electron chi connectivity index (χ1n) is 5.88. The van der Waals surface area contributed by atoms with E-state index in [1.807, 2.05) is 0 Å². The minimum Gasteiger partial charge on any atom is -0.133 e. The molecule has 0 aromatic rings. The van der Waals surface area contributed by atoms with Gasteiger partial charge in [-0.1, -0.05) is 41.5 Å². The van der Waals surface area contributed by atoms with Crippen LogP contribution in [0.1, 0.15) is 41.5 Å². The number of hydrogen-bond donors (Lipinski definition) is 0. The topological polar surface area (TPSA) is 0 Å². The van der Waals surface area contributed by atoms with Crippen LogP contribution in [0.5, 0.6) is 0 Å². The van der Waals surface area contributed by atoms with Gasteiger partial charge in [0.15, 0.2) is 0 Å². The highest BCUT2D eigenvalue weighted by Gasteiger charge is 2.34. The highest BCUT2D eigenvalue weighted by atomic mass is 32.3. The van der Waals surface area contributed by atoms with Gasteiger partial charge >= 0.3 is 0 Å². The van der Waals surface area contributed by atoms with Gasteiger partial charge in [-0.2, -0.15) is 0 Å². The molecular formula is C12H24S3. The molecule has 0 radical (unpaired) electrons. The van der Waals surface area contributed by atoms with Crippen LogP contribution < -0.4 is 0 Å². The standard InChI is InChI=1S/C12H24S3/c1-7(2)10-13-11(8(3)4)15-12(14-10)9(5)6/h7-12H,1-6H3. The molecule has 0 aromatic heterocycles. The van der Waals surface area contributed by atoms with Crippen molar-refractivity contribution in [3.63, 3.8) is 0 Å². The summed E-state index contributed by atoms with van der Waals surface area (Å²) in [5.74, 6) is 2.38. The van der Waals surface area contributed by atoms with Crippen LogP contribution in [0.3, 0.4) is 0 Å². The SMILES string of the molecule is CC(C)C1SC(C(C)C)SC(C(C)C)S1. The Morgan fingerprint density at radius 2 is 0.733 bits per heavy atom. The fraction of sp³-hybridized carbons (Fsp3) is 1.00. The quantitative estimate of drug-likeness (QED) is 0.692. The zero-order chi connectivity index (χ0) is 11.6. The summed E-state index contributed by atoms with van der Waals surface area (Å²) in [6.07, 6.45) is 0. The molecule has 90 valence electrons. The maximum absolute atomic E-state index is 2.36. The van der Waals surface area contributed by atoms with Crippen molar-refractivity contribution in [2.24, 2.45) is 17.8 Å². The van der Waals surface area contributed by atoms with Crippen LogP contribution in [0.15, 0.2) is 0 Å². The highest BCUT2D eigenvalue weighted by Crippen LogP contribution is 2.53. The van der Waals surface area contributed by atoms with Crippen molar-refractivity contribution < 1.29 is 0 Å². The Morgan fingerprint density at radius 3 is 0.867 bits per heavy atom. The molecule has 0 nitrogen and oxygen atoms in total. The maximum atomic E-state index is 2.36.